The number of hydrogen-bond acceptors (Lipinski definition) is 2. The molecule has 1 rings (SSSR count). The van der Waals surface area contributed by atoms with Crippen molar-refractivity contribution < 1.29 is 9.59 Å². The highest BCUT2D eigenvalue weighted by molar-refractivity contribution is 6.30. The molecule has 0 unspecified atom stereocenters. The Balaban J connectivity index is 2.34. The van der Waals surface area contributed by atoms with Gasteiger partial charge in [-0.05, 0) is 31.5 Å². The van der Waals surface area contributed by atoms with Gasteiger partial charge in [0.2, 0.25) is 11.8 Å². The highest BCUT2D eigenvalue weighted by Crippen LogP contribution is 2.09. The molecular weight excluding hydrogens is 252 g/mol. The van der Waals surface area contributed by atoms with Crippen LogP contribution in [0.1, 0.15) is 19.4 Å². The molecule has 0 aliphatic heterocycles. The van der Waals surface area contributed by atoms with E-state index >= 15 is 0 Å². The first-order valence-electron chi connectivity index (χ1n) is 5.78. The smallest absolute Gasteiger partial charge is 0.239 e. The van der Waals surface area contributed by atoms with Gasteiger partial charge in [-0.3, -0.25) is 9.59 Å². The predicted octanol–water partition coefficient (Wildman–Crippen LogP) is 1.52. The molecule has 0 fully saturated rings. The van der Waals surface area contributed by atoms with Crippen molar-refractivity contribution in [2.75, 3.05) is 6.54 Å². The Morgan fingerprint density at radius 1 is 1.17 bits per heavy atom. The van der Waals surface area contributed by atoms with Crippen LogP contribution in [-0.4, -0.2) is 24.4 Å². The third kappa shape index (κ3) is 5.68. The average Bonchev–Trinajstić information content (AvgIpc) is 2.29. The number of halogens is 1. The van der Waals surface area contributed by atoms with Gasteiger partial charge < -0.3 is 10.6 Å². The molecule has 0 saturated carbocycles. The topological polar surface area (TPSA) is 58.2 Å². The lowest BCUT2D eigenvalue weighted by Gasteiger charge is -2.09. The van der Waals surface area contributed by atoms with Gasteiger partial charge in [-0.2, -0.15) is 0 Å². The Morgan fingerprint density at radius 3 is 2.33 bits per heavy atom. The molecule has 0 aromatic heterocycles. The number of nitrogens with one attached hydrogen (secondary N) is 2. The molecule has 2 N–H and O–H groups in total. The lowest BCUT2D eigenvalue weighted by atomic mass is 10.1. The van der Waals surface area contributed by atoms with Crippen molar-refractivity contribution in [2.24, 2.45) is 0 Å². The second kappa shape index (κ2) is 7.01. The molecule has 1 aromatic rings. The molecule has 0 aliphatic rings. The number of rotatable bonds is 5. The molecule has 0 radical (unpaired) electrons. The van der Waals surface area contributed by atoms with Gasteiger partial charge in [-0.1, -0.05) is 23.7 Å². The van der Waals surface area contributed by atoms with Crippen LogP contribution in [0.3, 0.4) is 0 Å². The van der Waals surface area contributed by atoms with E-state index in [4.69, 9.17) is 11.6 Å². The molecule has 4 nitrogen and oxygen atoms in total. The zero-order valence-corrected chi connectivity index (χ0v) is 11.3. The molecule has 0 spiro atoms. The third-order valence-electron chi connectivity index (χ3n) is 2.17. The van der Waals surface area contributed by atoms with Gasteiger partial charge in [0.25, 0.3) is 0 Å². The van der Waals surface area contributed by atoms with Crippen LogP contribution >= 0.6 is 11.6 Å². The van der Waals surface area contributed by atoms with E-state index in [0.29, 0.717) is 5.02 Å². The van der Waals surface area contributed by atoms with E-state index in [1.165, 1.54) is 0 Å². The maximum atomic E-state index is 11.6. The third-order valence-corrected chi connectivity index (χ3v) is 2.43. The van der Waals surface area contributed by atoms with Crippen LogP contribution < -0.4 is 10.6 Å². The summed E-state index contributed by atoms with van der Waals surface area (Å²) in [4.78, 5) is 22.9. The molecular formula is C13H17ClN2O2. The van der Waals surface area contributed by atoms with Gasteiger partial charge in [0.05, 0.1) is 13.0 Å². The molecule has 0 aliphatic carbocycles. The van der Waals surface area contributed by atoms with Crippen LogP contribution in [0, 0.1) is 0 Å². The van der Waals surface area contributed by atoms with E-state index in [1.54, 1.807) is 24.3 Å². The number of benzene rings is 1. The first kappa shape index (κ1) is 14.5. The van der Waals surface area contributed by atoms with Crippen molar-refractivity contribution in [2.45, 2.75) is 26.3 Å². The molecule has 2 amide bonds. The molecule has 5 heteroatoms. The average molecular weight is 269 g/mol. The minimum atomic E-state index is -0.186. The summed E-state index contributed by atoms with van der Waals surface area (Å²) in [5, 5.41) is 5.90. The number of amides is 2. The van der Waals surface area contributed by atoms with Crippen molar-refractivity contribution in [1.82, 2.24) is 10.6 Å². The van der Waals surface area contributed by atoms with E-state index in [9.17, 15) is 9.59 Å². The van der Waals surface area contributed by atoms with E-state index < -0.39 is 0 Å². The predicted molar refractivity (Wildman–Crippen MR) is 71.4 cm³/mol. The minimum Gasteiger partial charge on any atom is -0.352 e. The van der Waals surface area contributed by atoms with Crippen LogP contribution in [0.5, 0.6) is 0 Å². The first-order valence-corrected chi connectivity index (χ1v) is 6.15. The lowest BCUT2D eigenvalue weighted by molar-refractivity contribution is -0.126. The molecule has 1 aromatic carbocycles. The Hall–Kier alpha value is -1.55. The molecule has 18 heavy (non-hydrogen) atoms. The Bertz CT molecular complexity index is 416. The van der Waals surface area contributed by atoms with Crippen molar-refractivity contribution in [3.8, 4) is 0 Å². The van der Waals surface area contributed by atoms with E-state index in [1.807, 2.05) is 13.8 Å². The van der Waals surface area contributed by atoms with Crippen molar-refractivity contribution >= 4 is 23.4 Å². The normalized spacial score (nSPS) is 10.2. The SMILES string of the molecule is CC(C)NC(=O)CNC(=O)Cc1ccc(Cl)cc1. The fourth-order valence-electron chi connectivity index (χ4n) is 1.40. The number of carbonyl (C=O) groups is 2. The maximum absolute atomic E-state index is 11.6. The zero-order valence-electron chi connectivity index (χ0n) is 10.5. The lowest BCUT2D eigenvalue weighted by Crippen LogP contribution is -2.40. The van der Waals surface area contributed by atoms with Gasteiger partial charge in [-0.25, -0.2) is 0 Å². The molecule has 0 atom stereocenters. The van der Waals surface area contributed by atoms with Crippen molar-refractivity contribution in [3.05, 3.63) is 34.9 Å². The van der Waals surface area contributed by atoms with E-state index in [-0.39, 0.29) is 30.8 Å². The largest absolute Gasteiger partial charge is 0.352 e. The second-order valence-corrected chi connectivity index (χ2v) is 4.74. The molecule has 98 valence electrons. The van der Waals surface area contributed by atoms with Crippen molar-refractivity contribution in [3.63, 3.8) is 0 Å². The summed E-state index contributed by atoms with van der Waals surface area (Å²) in [6.45, 7) is 3.74. The van der Waals surface area contributed by atoms with E-state index in [0.717, 1.165) is 5.56 Å². The quantitative estimate of drug-likeness (QED) is 0.851. The second-order valence-electron chi connectivity index (χ2n) is 4.30. The standard InChI is InChI=1S/C13H17ClN2O2/c1-9(2)16-13(18)8-15-12(17)7-10-3-5-11(14)6-4-10/h3-6,9H,7-8H2,1-2H3,(H,15,17)(H,16,18). The monoisotopic (exact) mass is 268 g/mol. The Labute approximate surface area is 112 Å². The highest BCUT2D eigenvalue weighted by Gasteiger charge is 2.07. The summed E-state index contributed by atoms with van der Waals surface area (Å²) in [6.07, 6.45) is 0.242. The summed E-state index contributed by atoms with van der Waals surface area (Å²) in [5.74, 6) is -0.370. The van der Waals surface area contributed by atoms with Gasteiger partial charge >= 0.3 is 0 Å². The van der Waals surface area contributed by atoms with E-state index in [2.05, 4.69) is 10.6 Å². The van der Waals surface area contributed by atoms with Gasteiger partial charge in [0.15, 0.2) is 0 Å². The summed E-state index contributed by atoms with van der Waals surface area (Å²) in [7, 11) is 0. The first-order chi connectivity index (χ1) is 8.47. The van der Waals surface area contributed by atoms with Crippen LogP contribution in [0.4, 0.5) is 0 Å². The van der Waals surface area contributed by atoms with Crippen LogP contribution in [0.2, 0.25) is 5.02 Å². The van der Waals surface area contributed by atoms with Crippen LogP contribution in [0.25, 0.3) is 0 Å². The number of carbonyl (C=O) groups excluding carboxylic acids is 2. The Morgan fingerprint density at radius 2 is 1.78 bits per heavy atom. The zero-order chi connectivity index (χ0) is 13.5. The maximum Gasteiger partial charge on any atom is 0.239 e. The minimum absolute atomic E-state index is 0.00457. The molecule has 0 bridgehead atoms. The van der Waals surface area contributed by atoms with Gasteiger partial charge in [-0.15, -0.1) is 0 Å². The summed E-state index contributed by atoms with van der Waals surface area (Å²) in [5.41, 5.74) is 0.862. The van der Waals surface area contributed by atoms with Crippen LogP contribution in [0.15, 0.2) is 24.3 Å². The van der Waals surface area contributed by atoms with Crippen LogP contribution in [-0.2, 0) is 16.0 Å². The fraction of sp³-hybridized carbons (Fsp3) is 0.385. The summed E-state index contributed by atoms with van der Waals surface area (Å²) >= 11 is 5.75. The van der Waals surface area contributed by atoms with Crippen molar-refractivity contribution in [1.29, 1.82) is 0 Å². The van der Waals surface area contributed by atoms with Gasteiger partial charge in [0.1, 0.15) is 0 Å². The molecule has 0 saturated heterocycles. The summed E-state index contributed by atoms with van der Waals surface area (Å²) < 4.78 is 0. The summed E-state index contributed by atoms with van der Waals surface area (Å²) in [6, 6.07) is 7.11. The Kier molecular flexibility index (Phi) is 5.65. The fourth-order valence-corrected chi connectivity index (χ4v) is 1.53. The number of hydrogen-bond donors (Lipinski definition) is 2. The highest BCUT2D eigenvalue weighted by atomic mass is 35.5. The van der Waals surface area contributed by atoms with Gasteiger partial charge in [0, 0.05) is 11.1 Å². The molecule has 0 heterocycles.